The van der Waals surface area contributed by atoms with Crippen molar-refractivity contribution in [3.63, 3.8) is 0 Å². The number of aromatic amines is 2. The summed E-state index contributed by atoms with van der Waals surface area (Å²) in [4.78, 5) is 57.4. The van der Waals surface area contributed by atoms with Crippen LogP contribution in [0.3, 0.4) is 0 Å². The van der Waals surface area contributed by atoms with Crippen LogP contribution in [0.15, 0.2) is 26.2 Å². The molecule has 0 unspecified atom stereocenters. The number of amides is 2. The Morgan fingerprint density at radius 2 is 1.87 bits per heavy atom. The van der Waals surface area contributed by atoms with E-state index in [1.54, 1.807) is 18.0 Å². The fourth-order valence-corrected chi connectivity index (χ4v) is 3.54. The highest BCUT2D eigenvalue weighted by atomic mass is 16.5. The number of likely N-dealkylation sites (tertiary alicyclic amines) is 1. The van der Waals surface area contributed by atoms with Gasteiger partial charge in [-0.15, -0.1) is 0 Å². The Morgan fingerprint density at radius 1 is 1.17 bits per heavy atom. The minimum Gasteiger partial charge on any atom is -0.359 e. The van der Waals surface area contributed by atoms with Crippen LogP contribution in [0.5, 0.6) is 0 Å². The Morgan fingerprint density at radius 3 is 2.50 bits per heavy atom. The highest BCUT2D eigenvalue weighted by molar-refractivity contribution is 5.92. The maximum absolute atomic E-state index is 12.6. The summed E-state index contributed by atoms with van der Waals surface area (Å²) in [6.45, 7) is 2.15. The van der Waals surface area contributed by atoms with Crippen LogP contribution in [-0.4, -0.2) is 82.4 Å². The van der Waals surface area contributed by atoms with E-state index in [0.29, 0.717) is 37.6 Å². The molecule has 0 saturated carbocycles. The van der Waals surface area contributed by atoms with Crippen molar-refractivity contribution in [3.05, 3.63) is 50.1 Å². The second-order valence-electron chi connectivity index (χ2n) is 7.84. The number of H-pyrrole nitrogens is 2. The molecule has 1 aliphatic heterocycles. The lowest BCUT2D eigenvalue weighted by Gasteiger charge is -2.33. The predicted octanol–water partition coefficient (Wildman–Crippen LogP) is -0.263. The molecule has 2 aromatic rings. The minimum atomic E-state index is -0.715. The molecule has 2 amide bonds. The normalized spacial score (nSPS) is 14.9. The first-order chi connectivity index (χ1) is 14.2. The van der Waals surface area contributed by atoms with Gasteiger partial charge in [-0.05, 0) is 32.9 Å². The van der Waals surface area contributed by atoms with Crippen LogP contribution >= 0.6 is 0 Å². The zero-order valence-electron chi connectivity index (χ0n) is 17.3. The molecule has 0 radical (unpaired) electrons. The third-order valence-electron chi connectivity index (χ3n) is 5.02. The molecule has 1 aliphatic rings. The van der Waals surface area contributed by atoms with Crippen LogP contribution in [-0.2, 0) is 6.54 Å². The van der Waals surface area contributed by atoms with Gasteiger partial charge in [-0.2, -0.15) is 0 Å². The van der Waals surface area contributed by atoms with Crippen LogP contribution in [0.2, 0.25) is 0 Å². The van der Waals surface area contributed by atoms with Gasteiger partial charge in [0.05, 0.1) is 6.54 Å². The maximum Gasteiger partial charge on any atom is 0.326 e. The quantitative estimate of drug-likeness (QED) is 0.659. The van der Waals surface area contributed by atoms with Gasteiger partial charge >= 0.3 is 5.69 Å². The molecule has 2 aromatic heterocycles. The van der Waals surface area contributed by atoms with Gasteiger partial charge in [0.15, 0.2) is 11.5 Å². The van der Waals surface area contributed by atoms with E-state index >= 15 is 0 Å². The molecular weight excluding hydrogens is 392 g/mol. The molecule has 1 saturated heterocycles. The zero-order valence-corrected chi connectivity index (χ0v) is 17.3. The number of aromatic nitrogens is 3. The summed E-state index contributed by atoms with van der Waals surface area (Å²) in [5.74, 6) is 0.259. The summed E-state index contributed by atoms with van der Waals surface area (Å²) in [5.41, 5.74) is -1.08. The average Bonchev–Trinajstić information content (AvgIpc) is 3.14. The molecule has 0 atom stereocenters. The van der Waals surface area contributed by atoms with Gasteiger partial charge in [0, 0.05) is 38.8 Å². The molecule has 11 nitrogen and oxygen atoms in total. The number of piperidine rings is 1. The Bertz CT molecular complexity index is 986. The lowest BCUT2D eigenvalue weighted by molar-refractivity contribution is 0.0624. The summed E-state index contributed by atoms with van der Waals surface area (Å²) in [6.07, 6.45) is 1.47. The van der Waals surface area contributed by atoms with Gasteiger partial charge in [0.1, 0.15) is 5.69 Å². The summed E-state index contributed by atoms with van der Waals surface area (Å²) in [7, 11) is 5.44. The fraction of sp³-hybridized carbons (Fsp3) is 0.526. The minimum absolute atomic E-state index is 0.0431. The molecule has 0 aliphatic carbocycles. The monoisotopic (exact) mass is 418 g/mol. The largest absolute Gasteiger partial charge is 0.359 e. The van der Waals surface area contributed by atoms with Crippen molar-refractivity contribution in [2.24, 2.45) is 5.92 Å². The Hall–Kier alpha value is -3.21. The molecular formula is C19H26N6O5. The second-order valence-corrected chi connectivity index (χ2v) is 7.84. The molecule has 11 heteroatoms. The van der Waals surface area contributed by atoms with E-state index in [1.165, 1.54) is 4.90 Å². The molecule has 2 N–H and O–H groups in total. The lowest BCUT2D eigenvalue weighted by Crippen LogP contribution is -2.42. The van der Waals surface area contributed by atoms with Crippen molar-refractivity contribution in [2.75, 3.05) is 40.8 Å². The van der Waals surface area contributed by atoms with E-state index in [1.807, 2.05) is 24.0 Å². The van der Waals surface area contributed by atoms with Gasteiger partial charge in [-0.25, -0.2) is 4.79 Å². The highest BCUT2D eigenvalue weighted by Gasteiger charge is 2.27. The van der Waals surface area contributed by atoms with Crippen LogP contribution in [0.4, 0.5) is 0 Å². The Kier molecular flexibility index (Phi) is 6.50. The first-order valence-corrected chi connectivity index (χ1v) is 9.71. The summed E-state index contributed by atoms with van der Waals surface area (Å²) < 4.78 is 5.21. The SMILES string of the molecule is CN(C)Cc1cc(C(=O)N2CCC(CN(C)C(=O)c3cc(=O)[nH]c(=O)[nH]3)CC2)no1. The van der Waals surface area contributed by atoms with Crippen molar-refractivity contribution in [2.45, 2.75) is 19.4 Å². The van der Waals surface area contributed by atoms with Crippen LogP contribution in [0, 0.1) is 5.92 Å². The third-order valence-corrected chi connectivity index (χ3v) is 5.02. The van der Waals surface area contributed by atoms with Crippen LogP contribution in [0.25, 0.3) is 0 Å². The van der Waals surface area contributed by atoms with E-state index in [4.69, 9.17) is 4.52 Å². The first kappa shape index (κ1) is 21.5. The third kappa shape index (κ3) is 5.23. The number of nitrogens with zero attached hydrogens (tertiary/aromatic N) is 4. The van der Waals surface area contributed by atoms with E-state index in [2.05, 4.69) is 10.1 Å². The molecule has 3 rings (SSSR count). The number of nitrogens with one attached hydrogen (secondary N) is 2. The van der Waals surface area contributed by atoms with Gasteiger partial charge in [0.25, 0.3) is 17.4 Å². The summed E-state index contributed by atoms with van der Waals surface area (Å²) in [6, 6.07) is 2.74. The molecule has 1 fully saturated rings. The molecule has 0 bridgehead atoms. The van der Waals surface area contributed by atoms with Gasteiger partial charge in [-0.3, -0.25) is 19.4 Å². The number of carbonyl (C=O) groups excluding carboxylic acids is 2. The highest BCUT2D eigenvalue weighted by Crippen LogP contribution is 2.20. The smallest absolute Gasteiger partial charge is 0.326 e. The number of hydrogen-bond acceptors (Lipinski definition) is 7. The molecule has 0 aromatic carbocycles. The standard InChI is InChI=1S/C19H26N6O5/c1-23(2)11-13-8-15(22-30-13)18(28)25-6-4-12(5-7-25)10-24(3)17(27)14-9-16(26)21-19(29)20-14/h8-9,12H,4-7,10-11H2,1-3H3,(H2,20,21,26,29). The van der Waals surface area contributed by atoms with Crippen LogP contribution in [0.1, 0.15) is 39.6 Å². The van der Waals surface area contributed by atoms with Gasteiger partial charge in [-0.1, -0.05) is 5.16 Å². The second kappa shape index (κ2) is 9.08. The number of rotatable bonds is 6. The van der Waals surface area contributed by atoms with Gasteiger partial charge < -0.3 is 24.2 Å². The van der Waals surface area contributed by atoms with Crippen molar-refractivity contribution < 1.29 is 14.1 Å². The van der Waals surface area contributed by atoms with E-state index < -0.39 is 17.2 Å². The molecule has 3 heterocycles. The van der Waals surface area contributed by atoms with E-state index in [-0.39, 0.29) is 17.5 Å². The lowest BCUT2D eigenvalue weighted by atomic mass is 9.96. The van der Waals surface area contributed by atoms with E-state index in [9.17, 15) is 19.2 Å². The Labute approximate surface area is 172 Å². The Balaban J connectivity index is 1.53. The maximum atomic E-state index is 12.6. The van der Waals surface area contributed by atoms with Crippen molar-refractivity contribution in [1.29, 1.82) is 0 Å². The van der Waals surface area contributed by atoms with Gasteiger partial charge in [0.2, 0.25) is 0 Å². The van der Waals surface area contributed by atoms with Crippen molar-refractivity contribution in [3.8, 4) is 0 Å². The van der Waals surface area contributed by atoms with E-state index in [0.717, 1.165) is 18.9 Å². The van der Waals surface area contributed by atoms with Crippen molar-refractivity contribution >= 4 is 11.8 Å². The fourth-order valence-electron chi connectivity index (χ4n) is 3.54. The zero-order chi connectivity index (χ0) is 21.8. The topological polar surface area (TPSA) is 136 Å². The van der Waals surface area contributed by atoms with Crippen LogP contribution < -0.4 is 11.2 Å². The van der Waals surface area contributed by atoms with Crippen molar-refractivity contribution in [1.82, 2.24) is 29.8 Å². The summed E-state index contributed by atoms with van der Waals surface area (Å²) in [5, 5.41) is 3.88. The number of carbonyl (C=O) groups is 2. The average molecular weight is 418 g/mol. The predicted molar refractivity (Wildman–Crippen MR) is 107 cm³/mol. The summed E-state index contributed by atoms with van der Waals surface area (Å²) >= 11 is 0. The first-order valence-electron chi connectivity index (χ1n) is 9.71. The molecule has 0 spiro atoms. The number of hydrogen-bond donors (Lipinski definition) is 2. The molecule has 162 valence electrons. The molecule has 30 heavy (non-hydrogen) atoms.